The first-order chi connectivity index (χ1) is 15.2. The van der Waals surface area contributed by atoms with Crippen molar-refractivity contribution in [2.24, 2.45) is 0 Å². The summed E-state index contributed by atoms with van der Waals surface area (Å²) < 4.78 is 11.2. The number of carbonyl (C=O) groups is 1. The highest BCUT2D eigenvalue weighted by Crippen LogP contribution is 2.26. The summed E-state index contributed by atoms with van der Waals surface area (Å²) >= 11 is 5.33. The van der Waals surface area contributed by atoms with Gasteiger partial charge in [0.15, 0.2) is 5.11 Å². The highest BCUT2D eigenvalue weighted by Gasteiger charge is 2.15. The van der Waals surface area contributed by atoms with Crippen molar-refractivity contribution in [2.45, 2.75) is 0 Å². The van der Waals surface area contributed by atoms with Crippen molar-refractivity contribution >= 4 is 40.7 Å². The molecule has 0 radical (unpaired) electrons. The van der Waals surface area contributed by atoms with E-state index >= 15 is 0 Å². The number of para-hydroxylation sites is 2. The summed E-state index contributed by atoms with van der Waals surface area (Å²) in [6.07, 6.45) is 3.02. The molecule has 0 atom stereocenters. The molecule has 1 saturated heterocycles. The van der Waals surface area contributed by atoms with Crippen molar-refractivity contribution < 1.29 is 13.9 Å². The fourth-order valence-electron chi connectivity index (χ4n) is 3.32. The van der Waals surface area contributed by atoms with Gasteiger partial charge in [0, 0.05) is 24.7 Å². The number of rotatable bonds is 5. The van der Waals surface area contributed by atoms with Crippen molar-refractivity contribution in [3.8, 4) is 11.3 Å². The van der Waals surface area contributed by atoms with Gasteiger partial charge in [0.1, 0.15) is 11.5 Å². The Morgan fingerprint density at radius 1 is 0.968 bits per heavy atom. The summed E-state index contributed by atoms with van der Waals surface area (Å²) in [5, 5.41) is 6.04. The molecule has 0 bridgehead atoms. The Balaban J connectivity index is 1.34. The van der Waals surface area contributed by atoms with Crippen LogP contribution in [-0.4, -0.2) is 37.3 Å². The molecule has 7 heteroatoms. The van der Waals surface area contributed by atoms with Crippen LogP contribution in [0.25, 0.3) is 17.4 Å². The predicted molar refractivity (Wildman–Crippen MR) is 127 cm³/mol. The summed E-state index contributed by atoms with van der Waals surface area (Å²) in [7, 11) is 0. The molecule has 1 aliphatic heterocycles. The van der Waals surface area contributed by atoms with E-state index in [1.54, 1.807) is 6.08 Å². The second kappa shape index (κ2) is 10.1. The van der Waals surface area contributed by atoms with Crippen molar-refractivity contribution in [3.63, 3.8) is 0 Å². The Hall–Kier alpha value is -3.42. The average molecular weight is 434 g/mol. The molecule has 6 nitrogen and oxygen atoms in total. The smallest absolute Gasteiger partial charge is 0.250 e. The zero-order chi connectivity index (χ0) is 21.5. The molecule has 1 aliphatic rings. The van der Waals surface area contributed by atoms with Crippen molar-refractivity contribution in [1.29, 1.82) is 0 Å². The summed E-state index contributed by atoms with van der Waals surface area (Å²) in [5.41, 5.74) is 2.86. The van der Waals surface area contributed by atoms with Gasteiger partial charge in [-0.3, -0.25) is 10.1 Å². The van der Waals surface area contributed by atoms with E-state index in [0.29, 0.717) is 19.0 Å². The second-order valence-corrected chi connectivity index (χ2v) is 7.37. The molecule has 0 aliphatic carbocycles. The summed E-state index contributed by atoms with van der Waals surface area (Å²) in [6.45, 7) is 3.02. The molecule has 158 valence electrons. The lowest BCUT2D eigenvalue weighted by molar-refractivity contribution is -0.115. The predicted octanol–water partition coefficient (Wildman–Crippen LogP) is 4.31. The second-order valence-electron chi connectivity index (χ2n) is 6.96. The van der Waals surface area contributed by atoms with Crippen molar-refractivity contribution in [2.75, 3.05) is 36.5 Å². The van der Waals surface area contributed by atoms with Gasteiger partial charge in [-0.05, 0) is 42.6 Å². The fourth-order valence-corrected chi connectivity index (χ4v) is 3.53. The zero-order valence-electron chi connectivity index (χ0n) is 16.9. The first kappa shape index (κ1) is 20.8. The molecular formula is C24H23N3O3S. The van der Waals surface area contributed by atoms with E-state index < -0.39 is 0 Å². The van der Waals surface area contributed by atoms with Crippen LogP contribution in [-0.2, 0) is 9.53 Å². The molecule has 2 N–H and O–H groups in total. The first-order valence-corrected chi connectivity index (χ1v) is 10.5. The number of benzene rings is 2. The molecule has 1 amide bonds. The number of amides is 1. The largest absolute Gasteiger partial charge is 0.457 e. The van der Waals surface area contributed by atoms with Gasteiger partial charge in [-0.15, -0.1) is 0 Å². The van der Waals surface area contributed by atoms with Crippen LogP contribution in [0, 0.1) is 0 Å². The molecule has 0 saturated carbocycles. The van der Waals surface area contributed by atoms with Crippen LogP contribution in [0.1, 0.15) is 5.76 Å². The van der Waals surface area contributed by atoms with Gasteiger partial charge in [0.2, 0.25) is 5.91 Å². The highest BCUT2D eigenvalue weighted by molar-refractivity contribution is 7.80. The maximum atomic E-state index is 12.3. The highest BCUT2D eigenvalue weighted by atomic mass is 32.1. The average Bonchev–Trinajstić information content (AvgIpc) is 3.28. The van der Waals surface area contributed by atoms with E-state index in [9.17, 15) is 4.79 Å². The molecule has 1 fully saturated rings. The number of carbonyl (C=O) groups excluding carboxylic acids is 1. The number of hydrogen-bond acceptors (Lipinski definition) is 5. The minimum atomic E-state index is -0.334. The Labute approximate surface area is 186 Å². The number of morpholine rings is 1. The quantitative estimate of drug-likeness (QED) is 0.462. The molecule has 31 heavy (non-hydrogen) atoms. The van der Waals surface area contributed by atoms with Crippen LogP contribution in [0.15, 0.2) is 77.2 Å². The van der Waals surface area contributed by atoms with Crippen molar-refractivity contribution in [1.82, 2.24) is 5.32 Å². The number of ether oxygens (including phenoxy) is 1. The monoisotopic (exact) mass is 433 g/mol. The van der Waals surface area contributed by atoms with E-state index in [1.807, 2.05) is 66.7 Å². The Morgan fingerprint density at radius 2 is 1.71 bits per heavy atom. The molecular weight excluding hydrogens is 410 g/mol. The van der Waals surface area contributed by atoms with E-state index in [4.69, 9.17) is 21.4 Å². The van der Waals surface area contributed by atoms with Crippen LogP contribution in [0.3, 0.4) is 0 Å². The van der Waals surface area contributed by atoms with Crippen molar-refractivity contribution in [3.05, 3.63) is 78.6 Å². The molecule has 3 aromatic rings. The topological polar surface area (TPSA) is 66.7 Å². The normalized spacial score (nSPS) is 13.9. The van der Waals surface area contributed by atoms with Gasteiger partial charge < -0.3 is 19.4 Å². The third-order valence-corrected chi connectivity index (χ3v) is 5.03. The summed E-state index contributed by atoms with van der Waals surface area (Å²) in [4.78, 5) is 14.5. The summed E-state index contributed by atoms with van der Waals surface area (Å²) in [5.74, 6) is 1.00. The minimum absolute atomic E-state index is 0.236. The SMILES string of the molecule is O=C(/C=C/c1ccc(-c2ccccc2)o1)NC(=S)Nc1ccccc1N1CCOCC1. The number of furan rings is 1. The van der Waals surface area contributed by atoms with E-state index in [-0.39, 0.29) is 11.0 Å². The number of thiocarbonyl (C=S) groups is 1. The Kier molecular flexibility index (Phi) is 6.76. The molecule has 2 aromatic carbocycles. The van der Waals surface area contributed by atoms with Crippen LogP contribution in [0.5, 0.6) is 0 Å². The molecule has 0 unspecified atom stereocenters. The van der Waals surface area contributed by atoms with Crippen LogP contribution in [0.4, 0.5) is 11.4 Å². The fraction of sp³-hybridized carbons (Fsp3) is 0.167. The number of nitrogens with one attached hydrogen (secondary N) is 2. The van der Waals surface area contributed by atoms with Gasteiger partial charge in [-0.1, -0.05) is 42.5 Å². The molecule has 0 spiro atoms. The molecule has 1 aromatic heterocycles. The van der Waals surface area contributed by atoms with Gasteiger partial charge in [0.05, 0.1) is 24.6 Å². The third-order valence-electron chi connectivity index (χ3n) is 4.82. The number of anilines is 2. The maximum absolute atomic E-state index is 12.3. The van der Waals surface area contributed by atoms with Gasteiger partial charge >= 0.3 is 0 Å². The molecule has 2 heterocycles. The number of hydrogen-bond donors (Lipinski definition) is 2. The first-order valence-electron chi connectivity index (χ1n) is 10.1. The lowest BCUT2D eigenvalue weighted by Crippen LogP contribution is -2.37. The lowest BCUT2D eigenvalue weighted by Gasteiger charge is -2.30. The van der Waals surface area contributed by atoms with E-state index in [1.165, 1.54) is 6.08 Å². The Morgan fingerprint density at radius 3 is 2.52 bits per heavy atom. The Bertz CT molecular complexity index is 1070. The van der Waals surface area contributed by atoms with Crippen LogP contribution >= 0.6 is 12.2 Å². The zero-order valence-corrected chi connectivity index (χ0v) is 17.7. The van der Waals surface area contributed by atoms with Gasteiger partial charge in [-0.2, -0.15) is 0 Å². The van der Waals surface area contributed by atoms with E-state index in [0.717, 1.165) is 35.8 Å². The van der Waals surface area contributed by atoms with Gasteiger partial charge in [-0.25, -0.2) is 0 Å². The number of nitrogens with zero attached hydrogens (tertiary/aromatic N) is 1. The van der Waals surface area contributed by atoms with Gasteiger partial charge in [0.25, 0.3) is 0 Å². The summed E-state index contributed by atoms with van der Waals surface area (Å²) in [6, 6.07) is 21.4. The minimum Gasteiger partial charge on any atom is -0.457 e. The van der Waals surface area contributed by atoms with Crippen LogP contribution in [0.2, 0.25) is 0 Å². The molecule has 4 rings (SSSR count). The third kappa shape index (κ3) is 5.59. The van der Waals surface area contributed by atoms with Crippen LogP contribution < -0.4 is 15.5 Å². The standard InChI is InChI=1S/C24H23N3O3S/c28-23(13-11-19-10-12-22(30-19)18-6-2-1-3-7-18)26-24(31)25-20-8-4-5-9-21(20)27-14-16-29-17-15-27/h1-13H,14-17H2,(H2,25,26,28,31)/b13-11+. The van der Waals surface area contributed by atoms with E-state index in [2.05, 4.69) is 15.5 Å². The maximum Gasteiger partial charge on any atom is 0.250 e. The lowest BCUT2D eigenvalue weighted by atomic mass is 10.2.